The van der Waals surface area contributed by atoms with Gasteiger partial charge >= 0.3 is 0 Å². The molecule has 4 heteroatoms. The molecule has 2 saturated heterocycles. The Hall–Kier alpha value is -0.570. The fraction of sp³-hybridized carbons (Fsp3) is 0.611. The quantitative estimate of drug-likeness (QED) is 0.771. The Labute approximate surface area is 142 Å². The van der Waals surface area contributed by atoms with Crippen LogP contribution in [0.15, 0.2) is 18.2 Å². The highest BCUT2D eigenvalue weighted by Gasteiger charge is 2.51. The van der Waals surface area contributed by atoms with Crippen molar-refractivity contribution in [2.24, 2.45) is 11.3 Å². The smallest absolute Gasteiger partial charge is 0.170 e. The average Bonchev–Trinajstić information content (AvgIpc) is 2.88. The van der Waals surface area contributed by atoms with E-state index in [1.807, 2.05) is 6.07 Å². The highest BCUT2D eigenvalue weighted by molar-refractivity contribution is 6.42. The molecule has 22 heavy (non-hydrogen) atoms. The molecule has 2 aliphatic heterocycles. The molecule has 0 amide bonds. The first-order chi connectivity index (χ1) is 10.4. The Balaban J connectivity index is 1.98. The molecule has 0 aromatic heterocycles. The van der Waals surface area contributed by atoms with Crippen LogP contribution in [0.5, 0.6) is 0 Å². The summed E-state index contributed by atoms with van der Waals surface area (Å²) in [7, 11) is 0. The predicted octanol–water partition coefficient (Wildman–Crippen LogP) is 5.12. The van der Waals surface area contributed by atoms with Crippen LogP contribution >= 0.6 is 23.2 Å². The Bertz CT molecular complexity index is 586. The van der Waals surface area contributed by atoms with E-state index in [1.54, 1.807) is 12.1 Å². The molecule has 120 valence electrons. The van der Waals surface area contributed by atoms with Crippen LogP contribution in [0.3, 0.4) is 0 Å². The number of halogens is 2. The Morgan fingerprint density at radius 2 is 2.05 bits per heavy atom. The molecule has 0 radical (unpaired) electrons. The summed E-state index contributed by atoms with van der Waals surface area (Å²) in [6.07, 6.45) is 5.29. The maximum absolute atomic E-state index is 13.4. The van der Waals surface area contributed by atoms with E-state index >= 15 is 0 Å². The van der Waals surface area contributed by atoms with Crippen molar-refractivity contribution < 1.29 is 4.79 Å². The number of rotatable bonds is 4. The number of Topliss-reactive ketones (excluding diaryl/α,β-unsaturated/α-hetero) is 1. The Morgan fingerprint density at radius 1 is 1.27 bits per heavy atom. The van der Waals surface area contributed by atoms with Crippen LogP contribution in [0.4, 0.5) is 0 Å². The van der Waals surface area contributed by atoms with E-state index in [1.165, 1.54) is 6.42 Å². The first-order valence-corrected chi connectivity index (χ1v) is 8.94. The zero-order valence-corrected chi connectivity index (χ0v) is 14.7. The minimum absolute atomic E-state index is 0.234. The molecule has 1 aromatic rings. The van der Waals surface area contributed by atoms with Gasteiger partial charge in [0.1, 0.15) is 0 Å². The summed E-state index contributed by atoms with van der Waals surface area (Å²) in [4.78, 5) is 13.4. The second kappa shape index (κ2) is 6.14. The normalized spacial score (nSPS) is 30.8. The van der Waals surface area contributed by atoms with Crippen LogP contribution in [0.25, 0.3) is 0 Å². The van der Waals surface area contributed by atoms with Gasteiger partial charge in [0.25, 0.3) is 0 Å². The van der Waals surface area contributed by atoms with Gasteiger partial charge in [-0.15, -0.1) is 0 Å². The minimum Gasteiger partial charge on any atom is -0.310 e. The van der Waals surface area contributed by atoms with Crippen molar-refractivity contribution in [2.45, 2.75) is 58.0 Å². The van der Waals surface area contributed by atoms with Gasteiger partial charge < -0.3 is 5.32 Å². The van der Waals surface area contributed by atoms with Crippen molar-refractivity contribution in [2.75, 3.05) is 0 Å². The van der Waals surface area contributed by atoms with E-state index in [0.717, 1.165) is 25.7 Å². The number of ketones is 1. The summed E-state index contributed by atoms with van der Waals surface area (Å²) >= 11 is 12.1. The summed E-state index contributed by atoms with van der Waals surface area (Å²) in [6, 6.07) is 6.19. The first-order valence-electron chi connectivity index (χ1n) is 8.18. The molecule has 2 bridgehead atoms. The third-order valence-electron chi connectivity index (χ3n) is 5.25. The predicted molar refractivity (Wildman–Crippen MR) is 91.9 cm³/mol. The number of hydrogen-bond acceptors (Lipinski definition) is 2. The molecule has 1 N–H and O–H groups in total. The second-order valence-corrected chi connectivity index (χ2v) is 8.06. The summed E-state index contributed by atoms with van der Waals surface area (Å²) in [5, 5.41) is 4.64. The molecular formula is C18H23Cl2NO. The van der Waals surface area contributed by atoms with Crippen molar-refractivity contribution in [3.8, 4) is 0 Å². The number of fused-ring (bicyclic) bond motifs is 2. The Kier molecular flexibility index (Phi) is 4.55. The van der Waals surface area contributed by atoms with E-state index in [2.05, 4.69) is 19.2 Å². The zero-order chi connectivity index (χ0) is 15.9. The molecule has 3 atom stereocenters. The van der Waals surface area contributed by atoms with Crippen molar-refractivity contribution in [1.82, 2.24) is 5.32 Å². The lowest BCUT2D eigenvalue weighted by Crippen LogP contribution is -2.53. The van der Waals surface area contributed by atoms with Crippen LogP contribution < -0.4 is 5.32 Å². The molecule has 3 rings (SSSR count). The first kappa shape index (κ1) is 16.3. The van der Waals surface area contributed by atoms with E-state index in [4.69, 9.17) is 23.2 Å². The van der Waals surface area contributed by atoms with Gasteiger partial charge in [0.15, 0.2) is 5.78 Å². The average molecular weight is 340 g/mol. The zero-order valence-electron chi connectivity index (χ0n) is 13.2. The molecule has 0 saturated carbocycles. The van der Waals surface area contributed by atoms with Gasteiger partial charge in [-0.3, -0.25) is 4.79 Å². The van der Waals surface area contributed by atoms with Crippen LogP contribution in [-0.4, -0.2) is 17.9 Å². The molecule has 2 heterocycles. The maximum Gasteiger partial charge on any atom is 0.170 e. The lowest BCUT2D eigenvalue weighted by Gasteiger charge is -2.43. The largest absolute Gasteiger partial charge is 0.310 e. The van der Waals surface area contributed by atoms with Gasteiger partial charge in [0.05, 0.1) is 10.0 Å². The van der Waals surface area contributed by atoms with Crippen LogP contribution in [0, 0.1) is 11.3 Å². The lowest BCUT2D eigenvalue weighted by molar-refractivity contribution is 0.0578. The van der Waals surface area contributed by atoms with E-state index in [-0.39, 0.29) is 11.2 Å². The molecule has 2 nitrogen and oxygen atoms in total. The summed E-state index contributed by atoms with van der Waals surface area (Å²) in [6.45, 7) is 4.40. The van der Waals surface area contributed by atoms with Gasteiger partial charge in [-0.05, 0) is 56.2 Å². The number of carbonyl (C=O) groups is 1. The minimum atomic E-state index is -0.293. The van der Waals surface area contributed by atoms with E-state index in [0.29, 0.717) is 33.6 Å². The van der Waals surface area contributed by atoms with Crippen LogP contribution in [0.1, 0.15) is 56.3 Å². The van der Waals surface area contributed by atoms with E-state index in [9.17, 15) is 4.79 Å². The van der Waals surface area contributed by atoms with Gasteiger partial charge in [-0.2, -0.15) is 0 Å². The highest BCUT2D eigenvalue weighted by Crippen LogP contribution is 2.47. The number of benzene rings is 1. The van der Waals surface area contributed by atoms with Gasteiger partial charge in [0.2, 0.25) is 0 Å². The maximum atomic E-state index is 13.4. The third kappa shape index (κ3) is 2.81. The molecular weight excluding hydrogens is 317 g/mol. The van der Waals surface area contributed by atoms with Crippen molar-refractivity contribution in [3.63, 3.8) is 0 Å². The molecule has 0 spiro atoms. The van der Waals surface area contributed by atoms with Crippen LogP contribution in [0.2, 0.25) is 10.0 Å². The van der Waals surface area contributed by atoms with Gasteiger partial charge in [-0.25, -0.2) is 0 Å². The molecule has 2 aliphatic rings. The number of piperidine rings is 1. The molecule has 0 aliphatic carbocycles. The topological polar surface area (TPSA) is 29.1 Å². The SMILES string of the molecule is CC(C)C[C@@]1(C(=O)c2ccc(Cl)c(Cl)c2)CC[C@H]2CC[C@H]1N2. The highest BCUT2D eigenvalue weighted by atomic mass is 35.5. The van der Waals surface area contributed by atoms with Crippen molar-refractivity contribution in [3.05, 3.63) is 33.8 Å². The molecule has 1 aromatic carbocycles. The van der Waals surface area contributed by atoms with Gasteiger partial charge in [-0.1, -0.05) is 37.0 Å². The van der Waals surface area contributed by atoms with Crippen molar-refractivity contribution >= 4 is 29.0 Å². The third-order valence-corrected chi connectivity index (χ3v) is 5.99. The lowest BCUT2D eigenvalue weighted by atomic mass is 9.65. The molecule has 0 unspecified atom stereocenters. The fourth-order valence-corrected chi connectivity index (χ4v) is 4.65. The summed E-state index contributed by atoms with van der Waals surface area (Å²) in [5.74, 6) is 0.725. The summed E-state index contributed by atoms with van der Waals surface area (Å²) in [5.41, 5.74) is 0.403. The van der Waals surface area contributed by atoms with E-state index < -0.39 is 0 Å². The fourth-order valence-electron chi connectivity index (χ4n) is 4.35. The second-order valence-electron chi connectivity index (χ2n) is 7.24. The standard InChI is InChI=1S/C18H23Cl2NO/c1-11(2)10-18(8-7-13-4-6-16(18)21-13)17(22)12-3-5-14(19)15(20)9-12/h3,5,9,11,13,16,21H,4,6-8,10H2,1-2H3/t13-,16-,18+/m1/s1. The Morgan fingerprint density at radius 3 is 2.73 bits per heavy atom. The molecule has 2 fully saturated rings. The summed E-state index contributed by atoms with van der Waals surface area (Å²) < 4.78 is 0. The number of nitrogens with one attached hydrogen (secondary N) is 1. The van der Waals surface area contributed by atoms with Crippen LogP contribution in [-0.2, 0) is 0 Å². The van der Waals surface area contributed by atoms with Crippen molar-refractivity contribution in [1.29, 1.82) is 0 Å². The van der Waals surface area contributed by atoms with Gasteiger partial charge in [0, 0.05) is 23.1 Å². The monoisotopic (exact) mass is 339 g/mol. The number of hydrogen-bond donors (Lipinski definition) is 1. The number of carbonyl (C=O) groups excluding carboxylic acids is 1.